The van der Waals surface area contributed by atoms with Gasteiger partial charge in [-0.2, -0.15) is 39.5 Å². The van der Waals surface area contributed by atoms with Crippen molar-refractivity contribution in [3.8, 4) is 0 Å². The number of carbonyl (C=O) groups is 2. The first kappa shape index (κ1) is 24.9. The zero-order chi connectivity index (χ0) is 25.5. The highest BCUT2D eigenvalue weighted by molar-refractivity contribution is 6.18. The molecule has 178 valence electrons. The fourth-order valence-corrected chi connectivity index (χ4v) is 2.94. The van der Waals surface area contributed by atoms with Crippen LogP contribution in [0.2, 0.25) is 0 Å². The minimum Gasteiger partial charge on any atom is -0.289 e. The van der Waals surface area contributed by atoms with Crippen LogP contribution in [0.1, 0.15) is 48.7 Å². The summed E-state index contributed by atoms with van der Waals surface area (Å²) in [6.45, 7) is 0. The number of aromatic nitrogens is 1. The van der Waals surface area contributed by atoms with Gasteiger partial charge in [-0.15, -0.1) is 0 Å². The number of hydrogen-bond donors (Lipinski definition) is 0. The van der Waals surface area contributed by atoms with Crippen LogP contribution < -0.4 is 0 Å². The lowest BCUT2D eigenvalue weighted by Crippen LogP contribution is -2.17. The molecule has 0 aliphatic heterocycles. The van der Waals surface area contributed by atoms with Gasteiger partial charge in [-0.25, -0.2) is 0 Å². The Labute approximate surface area is 184 Å². The summed E-state index contributed by atoms with van der Waals surface area (Å²) in [5, 5.41) is 0. The molecule has 0 saturated carbocycles. The van der Waals surface area contributed by atoms with E-state index < -0.39 is 69.2 Å². The third-order valence-electron chi connectivity index (χ3n) is 4.58. The van der Waals surface area contributed by atoms with Crippen molar-refractivity contribution in [2.24, 2.45) is 0 Å². The quantitative estimate of drug-likeness (QED) is 0.305. The van der Waals surface area contributed by atoms with Gasteiger partial charge >= 0.3 is 18.5 Å². The van der Waals surface area contributed by atoms with E-state index in [-0.39, 0.29) is 12.3 Å². The van der Waals surface area contributed by atoms with Crippen LogP contribution in [-0.2, 0) is 18.5 Å². The SMILES string of the molecule is O=C(c1cccc(C(F)(F)F)c1)c1cc(C(F)(F)F)cnc1C(=O)c1cccc(C(F)(F)F)c1. The number of alkyl halides is 9. The minimum atomic E-state index is -5.03. The van der Waals surface area contributed by atoms with Gasteiger partial charge in [0.1, 0.15) is 5.69 Å². The standard InChI is InChI=1S/C22H10F9NO2/c23-20(24,25)13-5-1-3-11(7-13)18(33)16-9-15(22(29,30)31)10-32-17(16)19(34)12-4-2-6-14(8-12)21(26,27)28/h1-10H. The third kappa shape index (κ3) is 5.26. The molecule has 3 aromatic rings. The molecular formula is C22H10F9NO2. The van der Waals surface area contributed by atoms with E-state index in [1.54, 1.807) is 0 Å². The van der Waals surface area contributed by atoms with E-state index in [1.165, 1.54) is 0 Å². The summed E-state index contributed by atoms with van der Waals surface area (Å²) < 4.78 is 117. The van der Waals surface area contributed by atoms with Crippen LogP contribution in [0, 0.1) is 0 Å². The fraction of sp³-hybridized carbons (Fsp3) is 0.136. The lowest BCUT2D eigenvalue weighted by Gasteiger charge is -2.13. The third-order valence-corrected chi connectivity index (χ3v) is 4.58. The minimum absolute atomic E-state index is 0.198. The molecule has 1 heterocycles. The molecule has 0 spiro atoms. The number of halogens is 9. The summed E-state index contributed by atoms with van der Waals surface area (Å²) in [5.41, 5.74) is -7.30. The lowest BCUT2D eigenvalue weighted by molar-refractivity contribution is -0.138. The van der Waals surface area contributed by atoms with E-state index in [0.717, 1.165) is 24.3 Å². The summed E-state index contributed by atoms with van der Waals surface area (Å²) in [6, 6.07) is 5.80. The second kappa shape index (κ2) is 8.58. The van der Waals surface area contributed by atoms with Gasteiger partial charge in [0.2, 0.25) is 5.78 Å². The Hall–Kier alpha value is -3.70. The second-order valence-corrected chi connectivity index (χ2v) is 6.93. The molecule has 1 aromatic heterocycles. The first-order valence-corrected chi connectivity index (χ1v) is 9.10. The average Bonchev–Trinajstić information content (AvgIpc) is 2.76. The van der Waals surface area contributed by atoms with E-state index in [4.69, 9.17) is 0 Å². The first-order chi connectivity index (χ1) is 15.6. The van der Waals surface area contributed by atoms with Crippen LogP contribution in [0.4, 0.5) is 39.5 Å². The van der Waals surface area contributed by atoms with Crippen molar-refractivity contribution < 1.29 is 49.1 Å². The highest BCUT2D eigenvalue weighted by Gasteiger charge is 2.36. The zero-order valence-electron chi connectivity index (χ0n) is 16.4. The Morgan fingerprint density at radius 3 is 1.47 bits per heavy atom. The molecule has 3 rings (SSSR count). The van der Waals surface area contributed by atoms with Crippen LogP contribution in [0.5, 0.6) is 0 Å². The first-order valence-electron chi connectivity index (χ1n) is 9.10. The molecule has 0 atom stereocenters. The number of benzene rings is 2. The molecule has 0 radical (unpaired) electrons. The number of carbonyl (C=O) groups excluding carboxylic acids is 2. The highest BCUT2D eigenvalue weighted by atomic mass is 19.4. The normalized spacial score (nSPS) is 12.5. The molecule has 0 bridgehead atoms. The number of rotatable bonds is 4. The van der Waals surface area contributed by atoms with E-state index in [0.29, 0.717) is 24.3 Å². The molecule has 0 aliphatic carbocycles. The molecule has 0 unspecified atom stereocenters. The Morgan fingerprint density at radius 1 is 0.588 bits per heavy atom. The average molecular weight is 491 g/mol. The Kier molecular flexibility index (Phi) is 6.29. The van der Waals surface area contributed by atoms with E-state index >= 15 is 0 Å². The largest absolute Gasteiger partial charge is 0.417 e. The maximum Gasteiger partial charge on any atom is 0.417 e. The monoisotopic (exact) mass is 491 g/mol. The summed E-state index contributed by atoms with van der Waals surface area (Å²) in [6.07, 6.45) is -14.6. The summed E-state index contributed by atoms with van der Waals surface area (Å²) in [4.78, 5) is 29.0. The van der Waals surface area contributed by atoms with Crippen LogP contribution in [-0.4, -0.2) is 16.6 Å². The van der Waals surface area contributed by atoms with E-state index in [1.807, 2.05) is 0 Å². The number of pyridine rings is 1. The molecule has 0 aliphatic rings. The summed E-state index contributed by atoms with van der Waals surface area (Å²) in [5.74, 6) is -2.73. The maximum absolute atomic E-state index is 13.2. The summed E-state index contributed by atoms with van der Waals surface area (Å²) >= 11 is 0. The molecule has 12 heteroatoms. The van der Waals surface area contributed by atoms with Crippen molar-refractivity contribution >= 4 is 11.6 Å². The van der Waals surface area contributed by atoms with Crippen molar-refractivity contribution in [2.45, 2.75) is 18.5 Å². The van der Waals surface area contributed by atoms with E-state index in [2.05, 4.69) is 4.98 Å². The van der Waals surface area contributed by atoms with Crippen molar-refractivity contribution in [2.75, 3.05) is 0 Å². The molecule has 34 heavy (non-hydrogen) atoms. The zero-order valence-corrected chi connectivity index (χ0v) is 16.4. The maximum atomic E-state index is 13.2. The van der Waals surface area contributed by atoms with Gasteiger partial charge in [-0.05, 0) is 30.3 Å². The van der Waals surface area contributed by atoms with Crippen LogP contribution >= 0.6 is 0 Å². The Bertz CT molecular complexity index is 1260. The van der Waals surface area contributed by atoms with E-state index in [9.17, 15) is 49.1 Å². The van der Waals surface area contributed by atoms with Crippen molar-refractivity contribution in [3.05, 3.63) is 99.9 Å². The number of hydrogen-bond acceptors (Lipinski definition) is 3. The molecule has 0 amide bonds. The topological polar surface area (TPSA) is 47.0 Å². The van der Waals surface area contributed by atoms with Crippen molar-refractivity contribution in [1.29, 1.82) is 0 Å². The predicted molar refractivity (Wildman–Crippen MR) is 99.0 cm³/mol. The van der Waals surface area contributed by atoms with Gasteiger partial charge in [-0.3, -0.25) is 14.6 Å². The highest BCUT2D eigenvalue weighted by Crippen LogP contribution is 2.34. The molecule has 0 N–H and O–H groups in total. The Balaban J connectivity index is 2.17. The van der Waals surface area contributed by atoms with Gasteiger partial charge in [0.05, 0.1) is 22.3 Å². The molecule has 2 aromatic carbocycles. The lowest BCUT2D eigenvalue weighted by atomic mass is 9.94. The molecule has 0 fully saturated rings. The molecule has 0 saturated heterocycles. The van der Waals surface area contributed by atoms with Gasteiger partial charge < -0.3 is 0 Å². The fourth-order valence-electron chi connectivity index (χ4n) is 2.94. The smallest absolute Gasteiger partial charge is 0.289 e. The van der Waals surface area contributed by atoms with Crippen molar-refractivity contribution in [1.82, 2.24) is 4.98 Å². The van der Waals surface area contributed by atoms with Gasteiger partial charge in [0.15, 0.2) is 5.78 Å². The Morgan fingerprint density at radius 2 is 1.03 bits per heavy atom. The number of ketones is 2. The predicted octanol–water partition coefficient (Wildman–Crippen LogP) is 6.60. The van der Waals surface area contributed by atoms with Gasteiger partial charge in [0, 0.05) is 17.3 Å². The molecule has 3 nitrogen and oxygen atoms in total. The van der Waals surface area contributed by atoms with Gasteiger partial charge in [0.25, 0.3) is 0 Å². The van der Waals surface area contributed by atoms with Gasteiger partial charge in [-0.1, -0.05) is 24.3 Å². The van der Waals surface area contributed by atoms with Crippen LogP contribution in [0.3, 0.4) is 0 Å². The van der Waals surface area contributed by atoms with Crippen molar-refractivity contribution in [3.63, 3.8) is 0 Å². The van der Waals surface area contributed by atoms with Crippen LogP contribution in [0.25, 0.3) is 0 Å². The van der Waals surface area contributed by atoms with Crippen LogP contribution in [0.15, 0.2) is 60.8 Å². The number of nitrogens with zero attached hydrogens (tertiary/aromatic N) is 1. The summed E-state index contributed by atoms with van der Waals surface area (Å²) in [7, 11) is 0. The molecular weight excluding hydrogens is 481 g/mol. The second-order valence-electron chi connectivity index (χ2n) is 6.93.